The molecule has 9 heteroatoms. The van der Waals surface area contributed by atoms with Crippen LogP contribution >= 0.6 is 12.4 Å². The summed E-state index contributed by atoms with van der Waals surface area (Å²) in [4.78, 5) is 0. The molecular weight excluding hydrogens is 252 g/mol. The summed E-state index contributed by atoms with van der Waals surface area (Å²) < 4.78 is 31.6. The summed E-state index contributed by atoms with van der Waals surface area (Å²) in [6.45, 7) is 0. The zero-order valence-corrected chi connectivity index (χ0v) is 12.9. The molecule has 0 saturated heterocycles. The van der Waals surface area contributed by atoms with Gasteiger partial charge in [-0.05, 0) is 0 Å². The van der Waals surface area contributed by atoms with Gasteiger partial charge in [0.25, 0.3) is 0 Å². The zero-order chi connectivity index (χ0) is 4.50. The fourth-order valence-corrected chi connectivity index (χ4v) is 0. The Morgan fingerprint density at radius 1 is 1.00 bits per heavy atom. The zero-order valence-electron chi connectivity index (χ0n) is 10.6. The Labute approximate surface area is 158 Å². The second-order valence-electron chi connectivity index (χ2n) is 0.448. The quantitative estimate of drug-likeness (QED) is 0.446. The maximum Gasteiger partial charge on any atom is 2.00 e. The fourth-order valence-electron chi connectivity index (χ4n) is 0. The summed E-state index contributed by atoms with van der Waals surface area (Å²) in [7, 11) is -4.67. The van der Waals surface area contributed by atoms with Gasteiger partial charge in [0.05, 0.1) is 0 Å². The minimum absolute atomic E-state index is 0. The van der Waals surface area contributed by atoms with Crippen molar-refractivity contribution in [1.82, 2.24) is 0 Å². The van der Waals surface area contributed by atoms with Crippen LogP contribution in [0.5, 0.6) is 0 Å². The summed E-state index contributed by atoms with van der Waals surface area (Å²) in [6, 6.07) is 0. The molecule has 0 aromatic heterocycles. The predicted molar refractivity (Wildman–Crippen MR) is 45.4 cm³/mol. The van der Waals surface area contributed by atoms with E-state index in [-0.39, 0.29) is 134 Å². The molecule has 2 N–H and O–H groups in total. The maximum atomic E-state index is 8.74. The molecule has 52 valence electrons. The van der Waals surface area contributed by atoms with E-state index in [1.165, 1.54) is 0 Å². The molecule has 0 aromatic carbocycles. The van der Waals surface area contributed by atoms with Crippen LogP contribution in [0.25, 0.3) is 0 Å². The third-order valence-corrected chi connectivity index (χ3v) is 0. The van der Waals surface area contributed by atoms with Gasteiger partial charge in [-0.2, -0.15) is 8.42 Å². The largest absolute Gasteiger partial charge is 2.00 e. The average Bonchev–Trinajstić information content (AvgIpc) is 0.722. The molecule has 0 radical (unpaired) electrons. The van der Waals surface area contributed by atoms with Gasteiger partial charge in [0.2, 0.25) is 0 Å². The van der Waals surface area contributed by atoms with Crippen molar-refractivity contribution < 1.29 is 26.1 Å². The minimum Gasteiger partial charge on any atom is -1.00 e. The van der Waals surface area contributed by atoms with E-state index >= 15 is 0 Å². The van der Waals surface area contributed by atoms with Crippen molar-refractivity contribution in [3.8, 4) is 0 Å². The number of hydrogen-bond donors (Lipinski definition) is 2. The first-order valence-electron chi connectivity index (χ1n) is 0.698. The first-order chi connectivity index (χ1) is 2.00. The second-order valence-corrected chi connectivity index (χ2v) is 1.34. The molecule has 0 bridgehead atoms. The Kier molecular flexibility index (Phi) is 47.0. The van der Waals surface area contributed by atoms with Crippen molar-refractivity contribution in [3.63, 3.8) is 0 Å². The van der Waals surface area contributed by atoms with Crippen LogP contribution in [0.15, 0.2) is 0 Å². The van der Waals surface area contributed by atoms with Crippen molar-refractivity contribution in [2.75, 3.05) is 0 Å². The van der Waals surface area contributed by atoms with E-state index in [0.717, 1.165) is 0 Å². The van der Waals surface area contributed by atoms with Gasteiger partial charge in [-0.25, -0.2) is 0 Å². The molecule has 0 aromatic rings. The first kappa shape index (κ1) is 29.3. The van der Waals surface area contributed by atoms with Gasteiger partial charge >= 0.3 is 124 Å². The molecule has 0 spiro atoms. The van der Waals surface area contributed by atoms with Gasteiger partial charge in [-0.15, -0.1) is 12.4 Å². The Morgan fingerprint density at radius 2 is 1.00 bits per heavy atom. The van der Waals surface area contributed by atoms with Crippen LogP contribution < -0.4 is 0 Å². The van der Waals surface area contributed by atoms with Crippen LogP contribution in [0.4, 0.5) is 0 Å². The van der Waals surface area contributed by atoms with Crippen LogP contribution in [0, 0.1) is 0 Å². The summed E-state index contributed by atoms with van der Waals surface area (Å²) >= 11 is 0. The van der Waals surface area contributed by atoms with Crippen LogP contribution in [0.1, 0.15) is 8.56 Å². The molecule has 0 aliphatic heterocycles. The van der Waals surface area contributed by atoms with Crippen LogP contribution in [-0.2, 0) is 10.4 Å². The average molecular weight is 261 g/mol. The first-order valence-corrected chi connectivity index (χ1v) is 2.10. The molecule has 0 fully saturated rings. The molecule has 0 amide bonds. The van der Waals surface area contributed by atoms with E-state index in [0.29, 0.717) is 0 Å². The standard InChI is InChI=1S/3Ca.ClH.H2O4S.6H/c;;;;1-5(2,3)4;;;;;;/h;;;1H;(H2,1,2,3,4);;;;;;/q3*+2;;;6*-1. The topological polar surface area (TPSA) is 74.6 Å². The minimum atomic E-state index is -4.67. The normalized spacial score (nSPS) is 6.44. The van der Waals surface area contributed by atoms with Crippen molar-refractivity contribution >= 4 is 136 Å². The van der Waals surface area contributed by atoms with E-state index in [2.05, 4.69) is 0 Å². The molecule has 4 nitrogen and oxygen atoms in total. The van der Waals surface area contributed by atoms with Crippen LogP contribution in [0.3, 0.4) is 0 Å². The van der Waals surface area contributed by atoms with Crippen molar-refractivity contribution in [2.45, 2.75) is 0 Å². The van der Waals surface area contributed by atoms with E-state index < -0.39 is 10.4 Å². The maximum absolute atomic E-state index is 8.74. The second kappa shape index (κ2) is 14.5. The third kappa shape index (κ3) is 76.0. The summed E-state index contributed by atoms with van der Waals surface area (Å²) in [6.07, 6.45) is 0. The molecule has 0 aliphatic carbocycles. The smallest absolute Gasteiger partial charge is 1.00 e. The molecule has 0 atom stereocenters. The van der Waals surface area contributed by atoms with E-state index in [9.17, 15) is 0 Å². The van der Waals surface area contributed by atoms with Crippen molar-refractivity contribution in [3.05, 3.63) is 0 Å². The van der Waals surface area contributed by atoms with Crippen molar-refractivity contribution in [2.24, 2.45) is 0 Å². The molecule has 0 unspecified atom stereocenters. The Balaban J connectivity index is -0.00000000178. The third-order valence-electron chi connectivity index (χ3n) is 0. The number of rotatable bonds is 0. The van der Waals surface area contributed by atoms with E-state index in [1.54, 1.807) is 0 Å². The van der Waals surface area contributed by atoms with Crippen LogP contribution in [0.2, 0.25) is 0 Å². The monoisotopic (exact) mass is 260 g/mol. The fraction of sp³-hybridized carbons (Fsp3) is 0. The summed E-state index contributed by atoms with van der Waals surface area (Å²) in [5.74, 6) is 0. The van der Waals surface area contributed by atoms with Gasteiger partial charge in [0.15, 0.2) is 0 Å². The number of halogens is 1. The Morgan fingerprint density at radius 3 is 1.00 bits per heavy atom. The molecule has 9 heavy (non-hydrogen) atoms. The predicted octanol–water partition coefficient (Wildman–Crippen LogP) is -0.698. The Bertz CT molecular complexity index is 114. The van der Waals surface area contributed by atoms with E-state index in [4.69, 9.17) is 17.5 Å². The van der Waals surface area contributed by atoms with Gasteiger partial charge in [-0.3, -0.25) is 9.11 Å². The van der Waals surface area contributed by atoms with E-state index in [1.807, 2.05) is 0 Å². The summed E-state index contributed by atoms with van der Waals surface area (Å²) in [5.41, 5.74) is 0. The Hall–Kier alpha value is 3.94. The van der Waals surface area contributed by atoms with Crippen LogP contribution in [-0.4, -0.2) is 131 Å². The molecule has 0 aliphatic rings. The SMILES string of the molecule is Cl.O=S(=O)(O)O.[Ca+2].[Ca+2].[Ca+2].[H-].[H-].[H-].[H-].[H-].[H-]. The molecular formula is H9Ca3ClO4S. The summed E-state index contributed by atoms with van der Waals surface area (Å²) in [5, 5.41) is 0. The van der Waals surface area contributed by atoms with Crippen molar-refractivity contribution in [1.29, 1.82) is 0 Å². The van der Waals surface area contributed by atoms with Gasteiger partial charge in [0.1, 0.15) is 0 Å². The van der Waals surface area contributed by atoms with Gasteiger partial charge < -0.3 is 8.56 Å². The van der Waals surface area contributed by atoms with Gasteiger partial charge in [-0.1, -0.05) is 0 Å². The molecule has 0 rings (SSSR count). The van der Waals surface area contributed by atoms with Gasteiger partial charge in [0, 0.05) is 0 Å². The molecule has 0 saturated carbocycles. The molecule has 0 heterocycles. The number of hydrogen-bond acceptors (Lipinski definition) is 2.